The van der Waals surface area contributed by atoms with E-state index in [1.165, 1.54) is 6.07 Å². The van der Waals surface area contributed by atoms with E-state index in [0.29, 0.717) is 21.9 Å². The van der Waals surface area contributed by atoms with Crippen LogP contribution in [0.4, 0.5) is 5.69 Å². The predicted octanol–water partition coefficient (Wildman–Crippen LogP) is 3.34. The highest BCUT2D eigenvalue weighted by Crippen LogP contribution is 2.29. The van der Waals surface area contributed by atoms with Crippen molar-refractivity contribution in [2.45, 2.75) is 6.54 Å². The number of hydrogen-bond donors (Lipinski definition) is 1. The number of nitrogens with zero attached hydrogens (tertiary/aromatic N) is 1. The van der Waals surface area contributed by atoms with Crippen LogP contribution < -0.4 is 10.1 Å². The van der Waals surface area contributed by atoms with Gasteiger partial charge in [0.15, 0.2) is 0 Å². The van der Waals surface area contributed by atoms with E-state index >= 15 is 0 Å². The van der Waals surface area contributed by atoms with Gasteiger partial charge in [0.05, 0.1) is 10.5 Å². The normalized spacial score (nSPS) is 12.6. The molecule has 1 N–H and O–H groups in total. The van der Waals surface area contributed by atoms with E-state index in [-0.39, 0.29) is 24.7 Å². The van der Waals surface area contributed by atoms with Crippen LogP contribution in [0.1, 0.15) is 11.1 Å². The quantitative estimate of drug-likeness (QED) is 0.681. The van der Waals surface area contributed by atoms with E-state index in [4.69, 9.17) is 16.3 Å². The first kappa shape index (κ1) is 16.0. The summed E-state index contributed by atoms with van der Waals surface area (Å²) >= 11 is 5.94. The first-order valence-corrected chi connectivity index (χ1v) is 7.56. The molecule has 0 unspecified atom stereocenters. The van der Waals surface area contributed by atoms with Crippen molar-refractivity contribution in [1.29, 1.82) is 0 Å². The zero-order valence-corrected chi connectivity index (χ0v) is 13.2. The number of nitro benzene ring substituents is 1. The minimum Gasteiger partial charge on any atom is -0.488 e. The number of fused-ring (bicyclic) bond motifs is 1. The highest BCUT2D eigenvalue weighted by Gasteiger charge is 2.19. The number of rotatable bonds is 4. The van der Waals surface area contributed by atoms with E-state index in [9.17, 15) is 14.9 Å². The van der Waals surface area contributed by atoms with Crippen LogP contribution in [0.3, 0.4) is 0 Å². The van der Waals surface area contributed by atoms with Crippen molar-refractivity contribution in [3.63, 3.8) is 0 Å². The third-order valence-electron chi connectivity index (χ3n) is 3.60. The highest BCUT2D eigenvalue weighted by molar-refractivity contribution is 6.30. The SMILES string of the molecule is O=C(NCc1ccccc1[N+](=O)[O-])C1=Cc2cc(Cl)ccc2OC1. The second-order valence-corrected chi connectivity index (χ2v) is 5.65. The molecule has 2 aromatic rings. The summed E-state index contributed by atoms with van der Waals surface area (Å²) in [6.45, 7) is 0.201. The Labute approximate surface area is 142 Å². The molecule has 122 valence electrons. The van der Waals surface area contributed by atoms with Gasteiger partial charge in [-0.1, -0.05) is 29.8 Å². The van der Waals surface area contributed by atoms with Crippen LogP contribution in [-0.2, 0) is 11.3 Å². The van der Waals surface area contributed by atoms with Gasteiger partial charge in [-0.2, -0.15) is 0 Å². The van der Waals surface area contributed by atoms with E-state index in [0.717, 1.165) is 5.56 Å². The van der Waals surface area contributed by atoms with Crippen LogP contribution >= 0.6 is 11.6 Å². The van der Waals surface area contributed by atoms with Crippen molar-refractivity contribution in [1.82, 2.24) is 5.32 Å². The first-order valence-electron chi connectivity index (χ1n) is 7.18. The maximum absolute atomic E-state index is 12.3. The molecule has 0 bridgehead atoms. The largest absolute Gasteiger partial charge is 0.488 e. The lowest BCUT2D eigenvalue weighted by molar-refractivity contribution is -0.385. The number of carbonyl (C=O) groups excluding carboxylic acids is 1. The number of nitro groups is 1. The van der Waals surface area contributed by atoms with E-state index < -0.39 is 4.92 Å². The molecule has 3 rings (SSSR count). The van der Waals surface area contributed by atoms with Crippen LogP contribution in [0.2, 0.25) is 5.02 Å². The standard InChI is InChI=1S/C17H13ClN2O4/c18-14-5-6-16-12(8-14)7-13(10-24-16)17(21)19-9-11-3-1-2-4-15(11)20(22)23/h1-8H,9-10H2,(H,19,21). The van der Waals surface area contributed by atoms with Crippen molar-refractivity contribution in [2.24, 2.45) is 0 Å². The topological polar surface area (TPSA) is 81.5 Å². The van der Waals surface area contributed by atoms with Gasteiger partial charge in [-0.25, -0.2) is 0 Å². The molecule has 1 aliphatic heterocycles. The average Bonchev–Trinajstić information content (AvgIpc) is 2.59. The highest BCUT2D eigenvalue weighted by atomic mass is 35.5. The Morgan fingerprint density at radius 1 is 1.29 bits per heavy atom. The molecule has 0 atom stereocenters. The van der Waals surface area contributed by atoms with Crippen LogP contribution in [0.25, 0.3) is 6.08 Å². The number of benzene rings is 2. The molecule has 6 nitrogen and oxygen atoms in total. The van der Waals surface area contributed by atoms with Crippen LogP contribution in [0.15, 0.2) is 48.0 Å². The van der Waals surface area contributed by atoms with Gasteiger partial charge < -0.3 is 10.1 Å². The van der Waals surface area contributed by atoms with Crippen LogP contribution in [0, 0.1) is 10.1 Å². The number of nitrogens with one attached hydrogen (secondary N) is 1. The number of ether oxygens (including phenoxy) is 1. The molecule has 0 radical (unpaired) electrons. The van der Waals surface area contributed by atoms with E-state index in [1.807, 2.05) is 0 Å². The Morgan fingerprint density at radius 2 is 2.08 bits per heavy atom. The summed E-state index contributed by atoms with van der Waals surface area (Å²) in [5.74, 6) is 0.327. The van der Waals surface area contributed by atoms with Gasteiger partial charge in [0, 0.05) is 28.8 Å². The average molecular weight is 345 g/mol. The number of hydrogen-bond acceptors (Lipinski definition) is 4. The maximum atomic E-state index is 12.3. The maximum Gasteiger partial charge on any atom is 0.274 e. The molecule has 24 heavy (non-hydrogen) atoms. The van der Waals surface area contributed by atoms with Gasteiger partial charge in [-0.05, 0) is 24.3 Å². The van der Waals surface area contributed by atoms with Gasteiger partial charge >= 0.3 is 0 Å². The fourth-order valence-corrected chi connectivity index (χ4v) is 2.59. The van der Waals surface area contributed by atoms with Crippen molar-refractivity contribution in [3.8, 4) is 5.75 Å². The number of amides is 1. The molecule has 7 heteroatoms. The van der Waals surface area contributed by atoms with E-state index in [1.54, 1.807) is 42.5 Å². The molecule has 1 aliphatic rings. The Hall–Kier alpha value is -2.86. The lowest BCUT2D eigenvalue weighted by atomic mass is 10.1. The molecular weight excluding hydrogens is 332 g/mol. The lowest BCUT2D eigenvalue weighted by Gasteiger charge is -2.17. The monoisotopic (exact) mass is 344 g/mol. The molecule has 0 fully saturated rings. The molecule has 0 spiro atoms. The number of carbonyl (C=O) groups is 1. The molecule has 0 saturated heterocycles. The minimum absolute atomic E-state index is 0.0243. The summed E-state index contributed by atoms with van der Waals surface area (Å²) in [6, 6.07) is 11.5. The van der Waals surface area contributed by atoms with Crippen LogP contribution in [-0.4, -0.2) is 17.4 Å². The molecular formula is C17H13ClN2O4. The molecule has 0 saturated carbocycles. The van der Waals surface area contributed by atoms with Crippen molar-refractivity contribution >= 4 is 29.3 Å². The molecule has 0 aromatic heterocycles. The van der Waals surface area contributed by atoms with Gasteiger partial charge in [-0.15, -0.1) is 0 Å². The summed E-state index contributed by atoms with van der Waals surface area (Å²) in [5.41, 5.74) is 1.58. The summed E-state index contributed by atoms with van der Waals surface area (Å²) in [6.07, 6.45) is 1.71. The second-order valence-electron chi connectivity index (χ2n) is 5.21. The Bertz CT molecular complexity index is 848. The van der Waals surface area contributed by atoms with Crippen molar-refractivity contribution in [3.05, 3.63) is 74.3 Å². The molecule has 1 heterocycles. The number of para-hydroxylation sites is 1. The van der Waals surface area contributed by atoms with Gasteiger partial charge in [0.1, 0.15) is 12.4 Å². The van der Waals surface area contributed by atoms with Gasteiger partial charge in [0.2, 0.25) is 0 Å². The summed E-state index contributed by atoms with van der Waals surface area (Å²) in [4.78, 5) is 22.8. The Morgan fingerprint density at radius 3 is 2.88 bits per heavy atom. The molecule has 1 amide bonds. The first-order chi connectivity index (χ1) is 11.5. The predicted molar refractivity (Wildman–Crippen MR) is 89.9 cm³/mol. The zero-order chi connectivity index (χ0) is 17.1. The summed E-state index contributed by atoms with van der Waals surface area (Å²) < 4.78 is 5.53. The number of halogens is 1. The summed E-state index contributed by atoms with van der Waals surface area (Å²) in [7, 11) is 0. The fraction of sp³-hybridized carbons (Fsp3) is 0.118. The third-order valence-corrected chi connectivity index (χ3v) is 3.84. The molecule has 2 aromatic carbocycles. The van der Waals surface area contributed by atoms with Crippen molar-refractivity contribution < 1.29 is 14.5 Å². The summed E-state index contributed by atoms with van der Waals surface area (Å²) in [5, 5.41) is 14.2. The molecule has 0 aliphatic carbocycles. The van der Waals surface area contributed by atoms with Crippen LogP contribution in [0.5, 0.6) is 5.75 Å². The second kappa shape index (κ2) is 6.72. The van der Waals surface area contributed by atoms with Crippen molar-refractivity contribution in [2.75, 3.05) is 6.61 Å². The fourth-order valence-electron chi connectivity index (χ4n) is 2.41. The smallest absolute Gasteiger partial charge is 0.274 e. The van der Waals surface area contributed by atoms with Gasteiger partial charge in [0.25, 0.3) is 11.6 Å². The third kappa shape index (κ3) is 3.38. The van der Waals surface area contributed by atoms with Gasteiger partial charge in [-0.3, -0.25) is 14.9 Å². The minimum atomic E-state index is -0.470. The van der Waals surface area contributed by atoms with E-state index in [2.05, 4.69) is 5.32 Å². The lowest BCUT2D eigenvalue weighted by Crippen LogP contribution is -2.28. The zero-order valence-electron chi connectivity index (χ0n) is 12.5. The Balaban J connectivity index is 1.74. The Kier molecular flexibility index (Phi) is 4.48.